The first-order chi connectivity index (χ1) is 4.92. The Morgan fingerprint density at radius 1 is 1.60 bits per heavy atom. The number of rotatable bonds is 1. The Bertz CT molecular complexity index is 205. The van der Waals surface area contributed by atoms with Crippen LogP contribution in [-0.4, -0.2) is 18.5 Å². The Hall–Kier alpha value is -0.960. The van der Waals surface area contributed by atoms with E-state index in [1.807, 2.05) is 12.2 Å². The van der Waals surface area contributed by atoms with Gasteiger partial charge in [-0.2, -0.15) is 0 Å². The van der Waals surface area contributed by atoms with Crippen molar-refractivity contribution in [3.63, 3.8) is 0 Å². The molecule has 0 saturated carbocycles. The maximum absolute atomic E-state index is 8.79. The highest BCUT2D eigenvalue weighted by atomic mass is 16.7. The van der Waals surface area contributed by atoms with E-state index in [4.69, 9.17) is 14.6 Å². The SMILES string of the molecule is OCC1C=CC2=C1OCO2. The highest BCUT2D eigenvalue weighted by Crippen LogP contribution is 2.30. The molecule has 0 amide bonds. The van der Waals surface area contributed by atoms with Crippen molar-refractivity contribution >= 4 is 0 Å². The normalized spacial score (nSPS) is 28.3. The third-order valence-corrected chi connectivity index (χ3v) is 1.69. The van der Waals surface area contributed by atoms with Gasteiger partial charge in [-0.05, 0) is 6.08 Å². The van der Waals surface area contributed by atoms with Gasteiger partial charge in [0.2, 0.25) is 6.79 Å². The summed E-state index contributed by atoms with van der Waals surface area (Å²) in [6.45, 7) is 0.393. The molecule has 0 aromatic carbocycles. The zero-order chi connectivity index (χ0) is 6.97. The van der Waals surface area contributed by atoms with E-state index in [1.54, 1.807) is 0 Å². The Morgan fingerprint density at radius 2 is 2.50 bits per heavy atom. The highest BCUT2D eigenvalue weighted by molar-refractivity contribution is 5.30. The van der Waals surface area contributed by atoms with Gasteiger partial charge >= 0.3 is 0 Å². The van der Waals surface area contributed by atoms with Crippen molar-refractivity contribution in [3.8, 4) is 0 Å². The van der Waals surface area contributed by atoms with Crippen molar-refractivity contribution in [2.75, 3.05) is 13.4 Å². The fourth-order valence-electron chi connectivity index (χ4n) is 1.15. The summed E-state index contributed by atoms with van der Waals surface area (Å²) < 4.78 is 10.2. The zero-order valence-corrected chi connectivity index (χ0v) is 5.41. The molecule has 3 heteroatoms. The summed E-state index contributed by atoms with van der Waals surface area (Å²) in [6.07, 6.45) is 3.72. The molecule has 0 spiro atoms. The van der Waals surface area contributed by atoms with Gasteiger partial charge in [-0.3, -0.25) is 0 Å². The molecule has 0 saturated heterocycles. The Morgan fingerprint density at radius 3 is 3.30 bits per heavy atom. The number of ether oxygens (including phenoxy) is 2. The summed E-state index contributed by atoms with van der Waals surface area (Å²) in [7, 11) is 0. The van der Waals surface area contributed by atoms with Gasteiger partial charge in [0.05, 0.1) is 12.5 Å². The fourth-order valence-corrected chi connectivity index (χ4v) is 1.15. The standard InChI is InChI=1S/C7H8O3/c8-3-5-1-2-6-7(5)10-4-9-6/h1-2,5,8H,3-4H2. The molecule has 1 unspecified atom stereocenters. The Kier molecular flexibility index (Phi) is 1.17. The van der Waals surface area contributed by atoms with Crippen molar-refractivity contribution in [1.29, 1.82) is 0 Å². The molecule has 0 bridgehead atoms. The first kappa shape index (κ1) is 5.80. The van der Waals surface area contributed by atoms with Crippen molar-refractivity contribution in [1.82, 2.24) is 0 Å². The van der Waals surface area contributed by atoms with E-state index in [0.717, 1.165) is 11.5 Å². The summed E-state index contributed by atoms with van der Waals surface area (Å²) in [6, 6.07) is 0. The van der Waals surface area contributed by atoms with Crippen LogP contribution in [0.5, 0.6) is 0 Å². The zero-order valence-electron chi connectivity index (χ0n) is 5.41. The van der Waals surface area contributed by atoms with E-state index in [0.29, 0.717) is 6.79 Å². The minimum absolute atomic E-state index is 0.0255. The molecule has 0 radical (unpaired) electrons. The predicted molar refractivity (Wildman–Crippen MR) is 33.8 cm³/mol. The molecule has 3 nitrogen and oxygen atoms in total. The lowest BCUT2D eigenvalue weighted by atomic mass is 10.2. The number of hydrogen-bond donors (Lipinski definition) is 1. The lowest BCUT2D eigenvalue weighted by molar-refractivity contribution is 0.0615. The van der Waals surface area contributed by atoms with Crippen LogP contribution in [0.4, 0.5) is 0 Å². The van der Waals surface area contributed by atoms with E-state index in [2.05, 4.69) is 0 Å². The molecular weight excluding hydrogens is 132 g/mol. The van der Waals surface area contributed by atoms with Gasteiger partial charge < -0.3 is 14.6 Å². The lowest BCUT2D eigenvalue weighted by Crippen LogP contribution is -2.04. The second-order valence-corrected chi connectivity index (χ2v) is 2.28. The number of aliphatic hydroxyl groups excluding tert-OH is 1. The van der Waals surface area contributed by atoms with Crippen LogP contribution in [0.2, 0.25) is 0 Å². The van der Waals surface area contributed by atoms with Crippen LogP contribution in [0, 0.1) is 5.92 Å². The van der Waals surface area contributed by atoms with Gasteiger partial charge in [0, 0.05) is 0 Å². The predicted octanol–water partition coefficient (Wildman–Crippen LogP) is 0.381. The van der Waals surface area contributed by atoms with Crippen molar-refractivity contribution in [2.24, 2.45) is 5.92 Å². The van der Waals surface area contributed by atoms with E-state index in [1.165, 1.54) is 0 Å². The fraction of sp³-hybridized carbons (Fsp3) is 0.429. The van der Waals surface area contributed by atoms with Gasteiger partial charge in [0.25, 0.3) is 0 Å². The van der Waals surface area contributed by atoms with Crippen LogP contribution < -0.4 is 0 Å². The minimum atomic E-state index is 0.0255. The number of allylic oxidation sites excluding steroid dienone is 1. The Labute approximate surface area is 58.6 Å². The van der Waals surface area contributed by atoms with Gasteiger partial charge in [-0.25, -0.2) is 0 Å². The monoisotopic (exact) mass is 140 g/mol. The quantitative estimate of drug-likeness (QED) is 0.572. The smallest absolute Gasteiger partial charge is 0.230 e. The molecule has 54 valence electrons. The third kappa shape index (κ3) is 0.640. The first-order valence-electron chi connectivity index (χ1n) is 3.20. The van der Waals surface area contributed by atoms with Gasteiger partial charge in [-0.15, -0.1) is 0 Å². The highest BCUT2D eigenvalue weighted by Gasteiger charge is 2.26. The summed E-state index contributed by atoms with van der Waals surface area (Å²) in [5.74, 6) is 1.58. The number of hydrogen-bond acceptors (Lipinski definition) is 3. The van der Waals surface area contributed by atoms with E-state index in [9.17, 15) is 0 Å². The number of aliphatic hydroxyl groups is 1. The molecule has 2 aliphatic rings. The van der Waals surface area contributed by atoms with Crippen LogP contribution in [-0.2, 0) is 9.47 Å². The average molecular weight is 140 g/mol. The molecule has 0 fully saturated rings. The maximum atomic E-state index is 8.79. The molecule has 0 aromatic heterocycles. The van der Waals surface area contributed by atoms with Gasteiger partial charge in [-0.1, -0.05) is 6.08 Å². The van der Waals surface area contributed by atoms with Gasteiger partial charge in [0.15, 0.2) is 11.5 Å². The van der Waals surface area contributed by atoms with Crippen LogP contribution in [0.25, 0.3) is 0 Å². The van der Waals surface area contributed by atoms with Crippen LogP contribution in [0.15, 0.2) is 23.7 Å². The largest absolute Gasteiger partial charge is 0.457 e. The van der Waals surface area contributed by atoms with Crippen LogP contribution in [0.1, 0.15) is 0 Å². The van der Waals surface area contributed by atoms with Crippen molar-refractivity contribution in [2.45, 2.75) is 0 Å². The molecule has 1 heterocycles. The second kappa shape index (κ2) is 2.02. The topological polar surface area (TPSA) is 38.7 Å². The molecular formula is C7H8O3. The van der Waals surface area contributed by atoms with E-state index < -0.39 is 0 Å². The summed E-state index contributed by atoms with van der Waals surface area (Å²) in [5, 5.41) is 8.79. The molecule has 1 N–H and O–H groups in total. The molecule has 1 aliphatic carbocycles. The summed E-state index contributed by atoms with van der Waals surface area (Å²) in [4.78, 5) is 0. The van der Waals surface area contributed by atoms with Crippen molar-refractivity contribution in [3.05, 3.63) is 23.7 Å². The average Bonchev–Trinajstić information content (AvgIpc) is 2.44. The van der Waals surface area contributed by atoms with Crippen LogP contribution >= 0.6 is 0 Å². The third-order valence-electron chi connectivity index (χ3n) is 1.69. The molecule has 1 atom stereocenters. The van der Waals surface area contributed by atoms with E-state index in [-0.39, 0.29) is 12.5 Å². The second-order valence-electron chi connectivity index (χ2n) is 2.28. The van der Waals surface area contributed by atoms with Gasteiger partial charge in [0.1, 0.15) is 0 Å². The van der Waals surface area contributed by atoms with Crippen molar-refractivity contribution < 1.29 is 14.6 Å². The summed E-state index contributed by atoms with van der Waals surface area (Å²) >= 11 is 0. The molecule has 10 heavy (non-hydrogen) atoms. The first-order valence-corrected chi connectivity index (χ1v) is 3.20. The molecule has 0 aromatic rings. The minimum Gasteiger partial charge on any atom is -0.457 e. The van der Waals surface area contributed by atoms with Crippen LogP contribution in [0.3, 0.4) is 0 Å². The molecule has 1 aliphatic heterocycles. The molecule has 2 rings (SSSR count). The Balaban J connectivity index is 2.23. The lowest BCUT2D eigenvalue weighted by Gasteiger charge is -2.04. The van der Waals surface area contributed by atoms with E-state index >= 15 is 0 Å². The summed E-state index contributed by atoms with van der Waals surface area (Å²) in [5.41, 5.74) is 0. The maximum Gasteiger partial charge on any atom is 0.230 e.